The number of hydrogen-bond donors (Lipinski definition) is 1. The van der Waals surface area contributed by atoms with Crippen molar-refractivity contribution in [1.82, 2.24) is 14.9 Å². The van der Waals surface area contributed by atoms with E-state index in [9.17, 15) is 4.79 Å². The molecule has 1 aliphatic rings. The van der Waals surface area contributed by atoms with Gasteiger partial charge in [0.1, 0.15) is 17.5 Å². The Morgan fingerprint density at radius 2 is 1.96 bits per heavy atom. The molecule has 1 aliphatic heterocycles. The van der Waals surface area contributed by atoms with Crippen LogP contribution in [0.3, 0.4) is 0 Å². The van der Waals surface area contributed by atoms with Gasteiger partial charge in [0.05, 0.1) is 11.4 Å². The number of nitrogens with zero attached hydrogens (tertiary/aromatic N) is 5. The number of para-hydroxylation sites is 1. The highest BCUT2D eigenvalue weighted by molar-refractivity contribution is 8.00. The highest BCUT2D eigenvalue weighted by Gasteiger charge is 2.26. The molecule has 2 aromatic rings. The molecule has 0 radical (unpaired) electrons. The lowest BCUT2D eigenvalue weighted by molar-refractivity contribution is -0.130. The number of amides is 1. The first-order valence-corrected chi connectivity index (χ1v) is 9.24. The van der Waals surface area contributed by atoms with E-state index in [-0.39, 0.29) is 22.5 Å². The Kier molecular flexibility index (Phi) is 5.58. The van der Waals surface area contributed by atoms with Gasteiger partial charge in [0.25, 0.3) is 0 Å². The Morgan fingerprint density at radius 1 is 1.27 bits per heavy atom. The molecule has 0 spiro atoms. The minimum absolute atomic E-state index is 0.0641. The first-order chi connectivity index (χ1) is 12.6. The third-order valence-corrected chi connectivity index (χ3v) is 5.22. The van der Waals surface area contributed by atoms with Crippen molar-refractivity contribution < 1.29 is 4.79 Å². The van der Waals surface area contributed by atoms with Crippen LogP contribution in [0.25, 0.3) is 0 Å². The molecular weight excluding hydrogens is 348 g/mol. The number of carbonyl (C=O) groups is 1. The van der Waals surface area contributed by atoms with Gasteiger partial charge in [-0.3, -0.25) is 4.79 Å². The molecule has 0 saturated carbocycles. The topological polar surface area (TPSA) is 99.1 Å². The zero-order chi connectivity index (χ0) is 18.5. The number of nitrogens with two attached hydrogens (primary N) is 1. The van der Waals surface area contributed by atoms with Crippen molar-refractivity contribution in [3.63, 3.8) is 0 Å². The van der Waals surface area contributed by atoms with Crippen LogP contribution in [0.15, 0.2) is 41.7 Å². The minimum Gasteiger partial charge on any atom is -0.382 e. The number of nitriles is 1. The van der Waals surface area contributed by atoms with Crippen LogP contribution in [-0.2, 0) is 4.79 Å². The van der Waals surface area contributed by atoms with Gasteiger partial charge in [-0.25, -0.2) is 9.97 Å². The van der Waals surface area contributed by atoms with E-state index < -0.39 is 0 Å². The Balaban J connectivity index is 1.56. The second-order valence-electron chi connectivity index (χ2n) is 5.97. The lowest BCUT2D eigenvalue weighted by atomic mass is 10.2. The van der Waals surface area contributed by atoms with E-state index in [1.54, 1.807) is 0 Å². The smallest absolute Gasteiger partial charge is 0.236 e. The molecule has 26 heavy (non-hydrogen) atoms. The molecular formula is C18H20N6OS. The molecule has 1 atom stereocenters. The normalized spacial score (nSPS) is 15.4. The fourth-order valence-corrected chi connectivity index (χ4v) is 3.64. The zero-order valence-electron chi connectivity index (χ0n) is 14.5. The summed E-state index contributed by atoms with van der Waals surface area (Å²) in [7, 11) is 0. The number of anilines is 2. The van der Waals surface area contributed by atoms with Crippen LogP contribution < -0.4 is 10.6 Å². The van der Waals surface area contributed by atoms with E-state index in [1.165, 1.54) is 23.6 Å². The average molecular weight is 368 g/mol. The average Bonchev–Trinajstić information content (AvgIpc) is 2.68. The first-order valence-electron chi connectivity index (χ1n) is 8.36. The van der Waals surface area contributed by atoms with Crippen LogP contribution in [0, 0.1) is 11.3 Å². The molecule has 3 rings (SSSR count). The monoisotopic (exact) mass is 368 g/mol. The standard InChI is InChI=1S/C18H20N6OS/c1-13(26-18-21-12-14(11-19)16(20)22-18)17(25)24-9-7-23(8-10-24)15-5-3-2-4-6-15/h2-6,12-13H,7-10H2,1H3,(H2,20,21,22)/t13-/m0/s1. The van der Waals surface area contributed by atoms with E-state index in [2.05, 4.69) is 27.0 Å². The second-order valence-corrected chi connectivity index (χ2v) is 7.28. The number of nitrogen functional groups attached to an aromatic ring is 1. The SMILES string of the molecule is C[C@H](Sc1ncc(C#N)c(N)n1)C(=O)N1CCN(c2ccccc2)CC1. The lowest BCUT2D eigenvalue weighted by Gasteiger charge is -2.37. The molecule has 1 amide bonds. The largest absolute Gasteiger partial charge is 0.382 e. The van der Waals surface area contributed by atoms with E-state index in [0.717, 1.165) is 13.1 Å². The summed E-state index contributed by atoms with van der Waals surface area (Å²) in [6.45, 7) is 4.85. The molecule has 0 aliphatic carbocycles. The fraction of sp³-hybridized carbons (Fsp3) is 0.333. The maximum atomic E-state index is 12.7. The minimum atomic E-state index is -0.314. The molecule has 134 valence electrons. The first kappa shape index (κ1) is 18.0. The van der Waals surface area contributed by atoms with Gasteiger partial charge in [-0.05, 0) is 19.1 Å². The van der Waals surface area contributed by atoms with Crippen LogP contribution in [0.5, 0.6) is 0 Å². The fourth-order valence-electron chi connectivity index (χ4n) is 2.81. The van der Waals surface area contributed by atoms with Gasteiger partial charge in [-0.2, -0.15) is 5.26 Å². The van der Waals surface area contributed by atoms with Gasteiger partial charge in [0.15, 0.2) is 5.16 Å². The van der Waals surface area contributed by atoms with Crippen LogP contribution in [-0.4, -0.2) is 52.2 Å². The summed E-state index contributed by atoms with van der Waals surface area (Å²) in [5, 5.41) is 8.97. The van der Waals surface area contributed by atoms with Crippen molar-refractivity contribution in [3.05, 3.63) is 42.1 Å². The maximum Gasteiger partial charge on any atom is 0.236 e. The molecule has 2 N–H and O–H groups in total. The van der Waals surface area contributed by atoms with Gasteiger partial charge >= 0.3 is 0 Å². The number of hydrogen-bond acceptors (Lipinski definition) is 7. The maximum absolute atomic E-state index is 12.7. The van der Waals surface area contributed by atoms with Crippen molar-refractivity contribution >= 4 is 29.2 Å². The number of piperazine rings is 1. The van der Waals surface area contributed by atoms with Crippen molar-refractivity contribution in [2.45, 2.75) is 17.3 Å². The quantitative estimate of drug-likeness (QED) is 0.648. The number of carbonyl (C=O) groups excluding carboxylic acids is 1. The van der Waals surface area contributed by atoms with Crippen LogP contribution in [0.1, 0.15) is 12.5 Å². The molecule has 1 saturated heterocycles. The number of aromatic nitrogens is 2. The Bertz CT molecular complexity index is 814. The molecule has 7 nitrogen and oxygen atoms in total. The molecule has 1 fully saturated rings. The predicted octanol–water partition coefficient (Wildman–Crippen LogP) is 1.76. The predicted molar refractivity (Wildman–Crippen MR) is 102 cm³/mol. The zero-order valence-corrected chi connectivity index (χ0v) is 15.3. The third kappa shape index (κ3) is 4.06. The van der Waals surface area contributed by atoms with Gasteiger partial charge in [-0.15, -0.1) is 0 Å². The van der Waals surface area contributed by atoms with Gasteiger partial charge in [-0.1, -0.05) is 30.0 Å². The van der Waals surface area contributed by atoms with E-state index >= 15 is 0 Å². The molecule has 8 heteroatoms. The highest BCUT2D eigenvalue weighted by Crippen LogP contribution is 2.23. The number of rotatable bonds is 4. The molecule has 0 unspecified atom stereocenters. The van der Waals surface area contributed by atoms with Gasteiger partial charge in [0.2, 0.25) is 5.91 Å². The molecule has 1 aromatic heterocycles. The van der Waals surface area contributed by atoms with Crippen LogP contribution in [0.4, 0.5) is 11.5 Å². The number of benzene rings is 1. The van der Waals surface area contributed by atoms with E-state index in [4.69, 9.17) is 11.0 Å². The second kappa shape index (κ2) is 8.06. The van der Waals surface area contributed by atoms with E-state index in [0.29, 0.717) is 18.2 Å². The van der Waals surface area contributed by atoms with Gasteiger partial charge in [0, 0.05) is 31.9 Å². The van der Waals surface area contributed by atoms with Crippen molar-refractivity contribution in [1.29, 1.82) is 5.26 Å². The summed E-state index contributed by atoms with van der Waals surface area (Å²) in [6.07, 6.45) is 1.39. The Hall–Kier alpha value is -2.79. The summed E-state index contributed by atoms with van der Waals surface area (Å²) >= 11 is 1.26. The lowest BCUT2D eigenvalue weighted by Crippen LogP contribution is -2.50. The summed E-state index contributed by atoms with van der Waals surface area (Å²) in [5.74, 6) is 0.204. The highest BCUT2D eigenvalue weighted by atomic mass is 32.2. The van der Waals surface area contributed by atoms with Crippen molar-refractivity contribution in [3.8, 4) is 6.07 Å². The third-order valence-electron chi connectivity index (χ3n) is 4.26. The molecule has 2 heterocycles. The van der Waals surface area contributed by atoms with Crippen LogP contribution in [0.2, 0.25) is 0 Å². The summed E-state index contributed by atoms with van der Waals surface area (Å²) in [6, 6.07) is 12.1. The molecule has 1 aromatic carbocycles. The summed E-state index contributed by atoms with van der Waals surface area (Å²) < 4.78 is 0. The Labute approximate surface area is 156 Å². The molecule has 0 bridgehead atoms. The van der Waals surface area contributed by atoms with Gasteiger partial charge < -0.3 is 15.5 Å². The van der Waals surface area contributed by atoms with Crippen molar-refractivity contribution in [2.24, 2.45) is 0 Å². The van der Waals surface area contributed by atoms with Crippen LogP contribution >= 0.6 is 11.8 Å². The summed E-state index contributed by atoms with van der Waals surface area (Å²) in [5.41, 5.74) is 7.13. The van der Waals surface area contributed by atoms with Crippen molar-refractivity contribution in [2.75, 3.05) is 36.8 Å². The Morgan fingerprint density at radius 3 is 2.58 bits per heavy atom. The van der Waals surface area contributed by atoms with E-state index in [1.807, 2.05) is 36.1 Å². The number of thioether (sulfide) groups is 1. The summed E-state index contributed by atoms with van der Waals surface area (Å²) in [4.78, 5) is 25.1.